The number of hydrogen-bond donors (Lipinski definition) is 1. The summed E-state index contributed by atoms with van der Waals surface area (Å²) in [5.41, 5.74) is 0.138. The molecule has 1 rings (SSSR count). The van der Waals surface area contributed by atoms with Crippen LogP contribution >= 0.6 is 0 Å². The van der Waals surface area contributed by atoms with E-state index in [0.717, 1.165) is 19.6 Å². The molecule has 100 valence electrons. The number of nitrogens with one attached hydrogen (secondary N) is 1. The van der Waals surface area contributed by atoms with Crippen molar-refractivity contribution >= 4 is 6.03 Å². The molecule has 1 aliphatic rings. The molecule has 2 atom stereocenters. The van der Waals surface area contributed by atoms with Crippen molar-refractivity contribution in [3.63, 3.8) is 0 Å². The smallest absolute Gasteiger partial charge is 0.317 e. The van der Waals surface area contributed by atoms with Crippen LogP contribution in [0.1, 0.15) is 34.6 Å². The highest BCUT2D eigenvalue weighted by atomic mass is 16.2. The Labute approximate surface area is 105 Å². The summed E-state index contributed by atoms with van der Waals surface area (Å²) in [6, 6.07) is 0.935. The molecule has 17 heavy (non-hydrogen) atoms. The van der Waals surface area contributed by atoms with Gasteiger partial charge in [-0.3, -0.25) is 4.90 Å². The molecular weight excluding hydrogens is 214 g/mol. The Bertz CT molecular complexity index is 260. The SMILES string of the molecule is CC1CN(C(=O)NCC(C)(C)C)CC(C)N1C. The van der Waals surface area contributed by atoms with E-state index in [9.17, 15) is 4.79 Å². The summed E-state index contributed by atoms with van der Waals surface area (Å²) < 4.78 is 0. The van der Waals surface area contributed by atoms with Gasteiger partial charge in [0.25, 0.3) is 0 Å². The molecule has 1 aliphatic heterocycles. The third-order valence-corrected chi connectivity index (χ3v) is 3.42. The standard InChI is InChI=1S/C13H27N3O/c1-10-7-16(8-11(2)15(10)6)12(17)14-9-13(3,4)5/h10-11H,7-9H2,1-6H3,(H,14,17). The molecule has 0 saturated carbocycles. The number of carbonyl (C=O) groups is 1. The Kier molecular flexibility index (Phi) is 4.42. The van der Waals surface area contributed by atoms with Crippen LogP contribution in [0, 0.1) is 5.41 Å². The van der Waals surface area contributed by atoms with Gasteiger partial charge in [0.15, 0.2) is 0 Å². The summed E-state index contributed by atoms with van der Waals surface area (Å²) in [5.74, 6) is 0. The second-order valence-electron chi connectivity index (χ2n) is 6.49. The Morgan fingerprint density at radius 2 is 1.71 bits per heavy atom. The Morgan fingerprint density at radius 1 is 1.24 bits per heavy atom. The first kappa shape index (κ1) is 14.3. The molecule has 0 bridgehead atoms. The van der Waals surface area contributed by atoms with Crippen molar-refractivity contribution in [2.45, 2.75) is 46.7 Å². The Morgan fingerprint density at radius 3 is 2.12 bits per heavy atom. The highest BCUT2D eigenvalue weighted by molar-refractivity contribution is 5.74. The van der Waals surface area contributed by atoms with Crippen LogP contribution in [-0.4, -0.2) is 54.6 Å². The number of rotatable bonds is 1. The van der Waals surface area contributed by atoms with Crippen LogP contribution in [-0.2, 0) is 0 Å². The zero-order chi connectivity index (χ0) is 13.2. The summed E-state index contributed by atoms with van der Waals surface area (Å²) in [7, 11) is 2.12. The number of urea groups is 1. The second kappa shape index (κ2) is 5.25. The molecule has 0 aromatic rings. The van der Waals surface area contributed by atoms with Crippen molar-refractivity contribution in [3.8, 4) is 0 Å². The molecule has 4 nitrogen and oxygen atoms in total. The van der Waals surface area contributed by atoms with E-state index in [-0.39, 0.29) is 11.4 Å². The first-order valence-corrected chi connectivity index (χ1v) is 6.45. The molecule has 1 heterocycles. The third kappa shape index (κ3) is 4.19. The molecule has 4 heteroatoms. The fraction of sp³-hybridized carbons (Fsp3) is 0.923. The van der Waals surface area contributed by atoms with E-state index in [4.69, 9.17) is 0 Å². The lowest BCUT2D eigenvalue weighted by molar-refractivity contribution is 0.0762. The van der Waals surface area contributed by atoms with Gasteiger partial charge in [0.2, 0.25) is 0 Å². The number of amides is 2. The van der Waals surface area contributed by atoms with Gasteiger partial charge in [-0.15, -0.1) is 0 Å². The number of likely N-dealkylation sites (N-methyl/N-ethyl adjacent to an activating group) is 1. The van der Waals surface area contributed by atoms with E-state index in [1.807, 2.05) is 4.90 Å². The zero-order valence-corrected chi connectivity index (χ0v) is 12.1. The third-order valence-electron chi connectivity index (χ3n) is 3.42. The van der Waals surface area contributed by atoms with E-state index in [2.05, 4.69) is 51.9 Å². The van der Waals surface area contributed by atoms with Gasteiger partial charge < -0.3 is 10.2 Å². The van der Waals surface area contributed by atoms with Crippen LogP contribution in [0.4, 0.5) is 4.79 Å². The molecule has 1 saturated heterocycles. The van der Waals surface area contributed by atoms with Gasteiger partial charge in [0.05, 0.1) is 0 Å². The van der Waals surface area contributed by atoms with Gasteiger partial charge in [0, 0.05) is 31.7 Å². The van der Waals surface area contributed by atoms with E-state index < -0.39 is 0 Å². The van der Waals surface area contributed by atoms with Crippen molar-refractivity contribution in [2.75, 3.05) is 26.7 Å². The van der Waals surface area contributed by atoms with E-state index >= 15 is 0 Å². The number of carbonyl (C=O) groups excluding carboxylic acids is 1. The maximum absolute atomic E-state index is 12.0. The van der Waals surface area contributed by atoms with Crippen LogP contribution < -0.4 is 5.32 Å². The van der Waals surface area contributed by atoms with Crippen molar-refractivity contribution < 1.29 is 4.79 Å². The van der Waals surface area contributed by atoms with Gasteiger partial charge >= 0.3 is 6.03 Å². The maximum atomic E-state index is 12.0. The number of piperazine rings is 1. The van der Waals surface area contributed by atoms with Crippen molar-refractivity contribution in [1.82, 2.24) is 15.1 Å². The van der Waals surface area contributed by atoms with E-state index in [0.29, 0.717) is 12.1 Å². The first-order chi connectivity index (χ1) is 7.70. The second-order valence-corrected chi connectivity index (χ2v) is 6.49. The highest BCUT2D eigenvalue weighted by Gasteiger charge is 2.29. The number of hydrogen-bond acceptors (Lipinski definition) is 2. The molecule has 2 amide bonds. The molecule has 0 aromatic carbocycles. The van der Waals surface area contributed by atoms with Crippen molar-refractivity contribution in [3.05, 3.63) is 0 Å². The lowest BCUT2D eigenvalue weighted by Crippen LogP contribution is -2.58. The minimum Gasteiger partial charge on any atom is -0.337 e. The molecule has 1 fully saturated rings. The predicted octanol–water partition coefficient (Wildman–Crippen LogP) is 1.77. The van der Waals surface area contributed by atoms with Gasteiger partial charge in [-0.2, -0.15) is 0 Å². The molecule has 0 aromatic heterocycles. The monoisotopic (exact) mass is 241 g/mol. The average molecular weight is 241 g/mol. The maximum Gasteiger partial charge on any atom is 0.317 e. The van der Waals surface area contributed by atoms with Crippen LogP contribution in [0.15, 0.2) is 0 Å². The predicted molar refractivity (Wildman–Crippen MR) is 71.1 cm³/mol. The molecule has 2 unspecified atom stereocenters. The van der Waals surface area contributed by atoms with Gasteiger partial charge in [-0.1, -0.05) is 20.8 Å². The topological polar surface area (TPSA) is 35.6 Å². The molecular formula is C13H27N3O. The Hall–Kier alpha value is -0.770. The summed E-state index contributed by atoms with van der Waals surface area (Å²) in [5, 5.41) is 3.02. The van der Waals surface area contributed by atoms with Crippen LogP contribution in [0.25, 0.3) is 0 Å². The minimum absolute atomic E-state index is 0.0757. The summed E-state index contributed by atoms with van der Waals surface area (Å²) in [6.07, 6.45) is 0. The fourth-order valence-electron chi connectivity index (χ4n) is 2.02. The van der Waals surface area contributed by atoms with Crippen molar-refractivity contribution in [1.29, 1.82) is 0 Å². The average Bonchev–Trinajstić information content (AvgIpc) is 2.20. The molecule has 0 radical (unpaired) electrons. The lowest BCUT2D eigenvalue weighted by Gasteiger charge is -2.42. The van der Waals surface area contributed by atoms with E-state index in [1.54, 1.807) is 0 Å². The Balaban J connectivity index is 2.48. The zero-order valence-electron chi connectivity index (χ0n) is 12.1. The van der Waals surface area contributed by atoms with Crippen LogP contribution in [0.3, 0.4) is 0 Å². The summed E-state index contributed by atoms with van der Waals surface area (Å²) in [4.78, 5) is 16.3. The van der Waals surface area contributed by atoms with Crippen LogP contribution in [0.5, 0.6) is 0 Å². The van der Waals surface area contributed by atoms with E-state index in [1.165, 1.54) is 0 Å². The largest absolute Gasteiger partial charge is 0.337 e. The quantitative estimate of drug-likeness (QED) is 0.759. The molecule has 1 N–H and O–H groups in total. The van der Waals surface area contributed by atoms with Gasteiger partial charge in [0.1, 0.15) is 0 Å². The number of nitrogens with zero attached hydrogens (tertiary/aromatic N) is 2. The fourth-order valence-corrected chi connectivity index (χ4v) is 2.02. The minimum atomic E-state index is 0.0757. The normalized spacial score (nSPS) is 27.1. The van der Waals surface area contributed by atoms with Gasteiger partial charge in [-0.25, -0.2) is 4.79 Å². The summed E-state index contributed by atoms with van der Waals surface area (Å²) in [6.45, 7) is 13.1. The highest BCUT2D eigenvalue weighted by Crippen LogP contribution is 2.14. The molecule has 0 spiro atoms. The lowest BCUT2D eigenvalue weighted by atomic mass is 9.97. The van der Waals surface area contributed by atoms with Crippen molar-refractivity contribution in [2.24, 2.45) is 5.41 Å². The summed E-state index contributed by atoms with van der Waals surface area (Å²) >= 11 is 0. The van der Waals surface area contributed by atoms with Gasteiger partial charge in [-0.05, 0) is 26.3 Å². The first-order valence-electron chi connectivity index (χ1n) is 6.45. The van der Waals surface area contributed by atoms with Crippen LogP contribution in [0.2, 0.25) is 0 Å². The molecule has 0 aliphatic carbocycles.